The molecule has 0 aliphatic carbocycles. The number of nitrogens with one attached hydrogen (secondary N) is 1. The summed E-state index contributed by atoms with van der Waals surface area (Å²) in [5.74, 6) is -0.865. The number of carbonyl (C=O) groups is 1. The topological polar surface area (TPSA) is 49.3 Å². The fourth-order valence-corrected chi connectivity index (χ4v) is 3.48. The number of thiophene rings is 1. The Balaban J connectivity index is 2.19. The second-order valence-electron chi connectivity index (χ2n) is 4.35. The van der Waals surface area contributed by atoms with Crippen molar-refractivity contribution in [3.05, 3.63) is 49.6 Å². The fourth-order valence-electron chi connectivity index (χ4n) is 2.04. The Morgan fingerprint density at radius 1 is 1.37 bits per heavy atom. The Bertz CT molecular complexity index is 599. The Hall–Kier alpha value is -1.33. The summed E-state index contributed by atoms with van der Waals surface area (Å²) in [6.07, 6.45) is 0. The van der Waals surface area contributed by atoms with E-state index in [2.05, 4.69) is 21.2 Å². The minimum absolute atomic E-state index is 0.403. The molecular formula is C14H14BrNO2S. The van der Waals surface area contributed by atoms with Crippen molar-refractivity contribution in [2.75, 3.05) is 5.32 Å². The summed E-state index contributed by atoms with van der Waals surface area (Å²) in [6.45, 7) is 4.59. The lowest BCUT2D eigenvalue weighted by Gasteiger charge is -2.13. The zero-order valence-electron chi connectivity index (χ0n) is 10.7. The van der Waals surface area contributed by atoms with Crippen molar-refractivity contribution in [3.8, 4) is 0 Å². The minimum atomic E-state index is -0.865. The van der Waals surface area contributed by atoms with Crippen LogP contribution in [0.25, 0.3) is 0 Å². The van der Waals surface area contributed by atoms with Gasteiger partial charge in [-0.05, 0) is 54.1 Å². The molecule has 0 saturated heterocycles. The number of anilines is 1. The van der Waals surface area contributed by atoms with Gasteiger partial charge in [-0.25, -0.2) is 4.79 Å². The number of benzene rings is 1. The van der Waals surface area contributed by atoms with E-state index in [4.69, 9.17) is 5.11 Å². The monoisotopic (exact) mass is 339 g/mol. The van der Waals surface area contributed by atoms with Gasteiger partial charge in [0.1, 0.15) is 4.88 Å². The molecule has 0 aliphatic rings. The van der Waals surface area contributed by atoms with Crippen LogP contribution in [0.4, 0.5) is 5.69 Å². The van der Waals surface area contributed by atoms with Gasteiger partial charge in [0.2, 0.25) is 0 Å². The van der Waals surface area contributed by atoms with E-state index in [9.17, 15) is 4.79 Å². The van der Waals surface area contributed by atoms with Gasteiger partial charge in [-0.2, -0.15) is 0 Å². The van der Waals surface area contributed by atoms with Crippen molar-refractivity contribution < 1.29 is 9.90 Å². The van der Waals surface area contributed by atoms with Crippen LogP contribution in [0.3, 0.4) is 0 Å². The average molecular weight is 340 g/mol. The van der Waals surface area contributed by atoms with Crippen molar-refractivity contribution in [3.63, 3.8) is 0 Å². The molecule has 2 aromatic rings. The second-order valence-corrected chi connectivity index (χ2v) is 6.18. The van der Waals surface area contributed by atoms with Crippen molar-refractivity contribution in [1.29, 1.82) is 0 Å². The number of aromatic carboxylic acids is 1. The van der Waals surface area contributed by atoms with Gasteiger partial charge in [0.25, 0.3) is 0 Å². The van der Waals surface area contributed by atoms with Crippen LogP contribution >= 0.6 is 27.3 Å². The Morgan fingerprint density at radius 2 is 2.00 bits per heavy atom. The van der Waals surface area contributed by atoms with E-state index in [1.165, 1.54) is 11.3 Å². The zero-order valence-corrected chi connectivity index (χ0v) is 13.1. The maximum atomic E-state index is 11.0. The standard InChI is InChI=1S/C14H14BrNO2S/c1-8-5-11(15)6-9(2)12(8)16-7-10-3-4-19-13(10)14(17)18/h3-6,16H,7H2,1-2H3,(H,17,18). The Morgan fingerprint density at radius 3 is 2.58 bits per heavy atom. The average Bonchev–Trinajstić information content (AvgIpc) is 2.75. The molecule has 0 atom stereocenters. The first-order valence-electron chi connectivity index (χ1n) is 5.79. The van der Waals surface area contributed by atoms with Crippen LogP contribution in [-0.4, -0.2) is 11.1 Å². The largest absolute Gasteiger partial charge is 0.477 e. The van der Waals surface area contributed by atoms with E-state index in [1.54, 1.807) is 0 Å². The lowest BCUT2D eigenvalue weighted by atomic mass is 10.1. The highest BCUT2D eigenvalue weighted by Crippen LogP contribution is 2.26. The highest BCUT2D eigenvalue weighted by Gasteiger charge is 2.12. The summed E-state index contributed by atoms with van der Waals surface area (Å²) >= 11 is 4.72. The number of carboxylic acids is 1. The molecule has 1 aromatic carbocycles. The van der Waals surface area contributed by atoms with Gasteiger partial charge < -0.3 is 10.4 Å². The third-order valence-corrected chi connectivity index (χ3v) is 4.30. The summed E-state index contributed by atoms with van der Waals surface area (Å²) in [5.41, 5.74) is 4.16. The maximum Gasteiger partial charge on any atom is 0.346 e. The number of hydrogen-bond acceptors (Lipinski definition) is 3. The van der Waals surface area contributed by atoms with Gasteiger partial charge >= 0.3 is 5.97 Å². The normalized spacial score (nSPS) is 10.5. The lowest BCUT2D eigenvalue weighted by molar-refractivity contribution is 0.0701. The van der Waals surface area contributed by atoms with Gasteiger partial charge in [-0.1, -0.05) is 15.9 Å². The lowest BCUT2D eigenvalue weighted by Crippen LogP contribution is -2.06. The third kappa shape index (κ3) is 3.16. The Kier molecular flexibility index (Phi) is 4.27. The first-order valence-corrected chi connectivity index (χ1v) is 7.46. The van der Waals surface area contributed by atoms with Crippen molar-refractivity contribution >= 4 is 38.9 Å². The predicted molar refractivity (Wildman–Crippen MR) is 82.2 cm³/mol. The highest BCUT2D eigenvalue weighted by molar-refractivity contribution is 9.10. The number of aryl methyl sites for hydroxylation is 2. The van der Waals surface area contributed by atoms with Crippen LogP contribution in [-0.2, 0) is 6.54 Å². The van der Waals surface area contributed by atoms with Crippen LogP contribution in [0, 0.1) is 13.8 Å². The van der Waals surface area contributed by atoms with Crippen LogP contribution in [0.15, 0.2) is 28.1 Å². The van der Waals surface area contributed by atoms with E-state index >= 15 is 0 Å². The van der Waals surface area contributed by atoms with Gasteiger partial charge in [0.15, 0.2) is 0 Å². The van der Waals surface area contributed by atoms with Crippen LogP contribution in [0.1, 0.15) is 26.4 Å². The molecule has 5 heteroatoms. The molecule has 0 fully saturated rings. The summed E-state index contributed by atoms with van der Waals surface area (Å²) in [4.78, 5) is 11.5. The third-order valence-electron chi connectivity index (χ3n) is 2.89. The molecule has 3 nitrogen and oxygen atoms in total. The first-order chi connectivity index (χ1) is 8.99. The summed E-state index contributed by atoms with van der Waals surface area (Å²) in [7, 11) is 0. The highest BCUT2D eigenvalue weighted by atomic mass is 79.9. The smallest absolute Gasteiger partial charge is 0.346 e. The molecule has 2 rings (SSSR count). The summed E-state index contributed by atoms with van der Waals surface area (Å²) in [5, 5.41) is 14.2. The van der Waals surface area contributed by atoms with Gasteiger partial charge in [0.05, 0.1) is 0 Å². The second kappa shape index (κ2) is 5.75. The van der Waals surface area contributed by atoms with Crippen molar-refractivity contribution in [2.45, 2.75) is 20.4 Å². The molecule has 19 heavy (non-hydrogen) atoms. The van der Waals surface area contributed by atoms with E-state index in [0.717, 1.165) is 26.9 Å². The van der Waals surface area contributed by atoms with Crippen LogP contribution in [0.5, 0.6) is 0 Å². The molecule has 0 unspecified atom stereocenters. The van der Waals surface area contributed by atoms with Gasteiger partial charge in [-0.15, -0.1) is 11.3 Å². The van der Waals surface area contributed by atoms with E-state index < -0.39 is 5.97 Å². The molecule has 1 heterocycles. The van der Waals surface area contributed by atoms with Crippen LogP contribution < -0.4 is 5.32 Å². The number of carboxylic acid groups (broad SMARTS) is 1. The van der Waals surface area contributed by atoms with E-state index in [-0.39, 0.29) is 0 Å². The summed E-state index contributed by atoms with van der Waals surface area (Å²) < 4.78 is 1.05. The number of rotatable bonds is 4. The fraction of sp³-hybridized carbons (Fsp3) is 0.214. The summed E-state index contributed by atoms with van der Waals surface area (Å²) in [6, 6.07) is 5.94. The van der Waals surface area contributed by atoms with Crippen LogP contribution in [0.2, 0.25) is 0 Å². The number of hydrogen-bond donors (Lipinski definition) is 2. The zero-order chi connectivity index (χ0) is 14.0. The molecule has 1 aromatic heterocycles. The molecule has 0 spiro atoms. The molecule has 0 bridgehead atoms. The maximum absolute atomic E-state index is 11.0. The molecule has 100 valence electrons. The Labute approximate surface area is 124 Å². The van der Waals surface area contributed by atoms with Crippen molar-refractivity contribution in [1.82, 2.24) is 0 Å². The predicted octanol–water partition coefficient (Wildman–Crippen LogP) is 4.44. The number of halogens is 1. The van der Waals surface area contributed by atoms with E-state index in [1.807, 2.05) is 37.4 Å². The molecule has 0 saturated carbocycles. The van der Waals surface area contributed by atoms with E-state index in [0.29, 0.717) is 11.4 Å². The molecule has 0 amide bonds. The SMILES string of the molecule is Cc1cc(Br)cc(C)c1NCc1ccsc1C(=O)O. The first kappa shape index (κ1) is 14.1. The molecule has 2 N–H and O–H groups in total. The minimum Gasteiger partial charge on any atom is -0.477 e. The van der Waals surface area contributed by atoms with Gasteiger partial charge in [0, 0.05) is 16.7 Å². The quantitative estimate of drug-likeness (QED) is 0.865. The molecular weight excluding hydrogens is 326 g/mol. The van der Waals surface area contributed by atoms with Crippen molar-refractivity contribution in [2.24, 2.45) is 0 Å². The molecule has 0 radical (unpaired) electrons. The van der Waals surface area contributed by atoms with Gasteiger partial charge in [-0.3, -0.25) is 0 Å². The molecule has 0 aliphatic heterocycles.